The summed E-state index contributed by atoms with van der Waals surface area (Å²) in [5, 5.41) is 0. The van der Waals surface area contributed by atoms with Gasteiger partial charge in [0.15, 0.2) is 0 Å². The molecule has 0 spiro atoms. The SMILES string of the molecule is O.[CH2-]C(C)C.[Na+]. The maximum atomic E-state index is 3.64. The molecule has 34 valence electrons. The van der Waals surface area contributed by atoms with Crippen molar-refractivity contribution < 1.29 is 35.0 Å². The minimum absolute atomic E-state index is 0. The number of hydrogen-bond donors (Lipinski definition) is 0. The normalized spacial score (nSPS) is 6.00. The topological polar surface area (TPSA) is 31.5 Å². The van der Waals surface area contributed by atoms with Gasteiger partial charge in [-0.3, -0.25) is 0 Å². The first-order valence-corrected chi connectivity index (χ1v) is 1.56. The molecule has 0 aliphatic rings. The molecule has 0 atom stereocenters. The Kier molecular flexibility index (Phi) is 24.6. The van der Waals surface area contributed by atoms with Crippen LogP contribution in [0.15, 0.2) is 0 Å². The van der Waals surface area contributed by atoms with Gasteiger partial charge in [0.05, 0.1) is 0 Å². The van der Waals surface area contributed by atoms with Gasteiger partial charge in [0.25, 0.3) is 0 Å². The molecule has 0 amide bonds. The third-order valence-corrected chi connectivity index (χ3v) is 0. The van der Waals surface area contributed by atoms with Crippen LogP contribution in [-0.2, 0) is 0 Å². The zero-order valence-corrected chi connectivity index (χ0v) is 6.78. The van der Waals surface area contributed by atoms with E-state index in [4.69, 9.17) is 0 Å². The Morgan fingerprint density at radius 2 is 1.33 bits per heavy atom. The molecule has 1 nitrogen and oxygen atoms in total. The van der Waals surface area contributed by atoms with Gasteiger partial charge in [-0.05, 0) is 0 Å². The summed E-state index contributed by atoms with van der Waals surface area (Å²) in [5.41, 5.74) is 0. The van der Waals surface area contributed by atoms with Gasteiger partial charge in [-0.2, -0.15) is 5.92 Å². The zero-order chi connectivity index (χ0) is 3.58. The average molecular weight is 98.1 g/mol. The van der Waals surface area contributed by atoms with Crippen molar-refractivity contribution in [3.8, 4) is 0 Å². The molecule has 0 rings (SSSR count). The summed E-state index contributed by atoms with van der Waals surface area (Å²) in [7, 11) is 0. The summed E-state index contributed by atoms with van der Waals surface area (Å²) in [6.07, 6.45) is 0. The van der Waals surface area contributed by atoms with Crippen molar-refractivity contribution in [2.75, 3.05) is 0 Å². The molecule has 0 aromatic heterocycles. The van der Waals surface area contributed by atoms with Crippen LogP contribution in [0.3, 0.4) is 0 Å². The van der Waals surface area contributed by atoms with Crippen LogP contribution in [0, 0.1) is 12.8 Å². The molecular formula is C4H11NaO. The van der Waals surface area contributed by atoms with E-state index in [2.05, 4.69) is 20.8 Å². The van der Waals surface area contributed by atoms with Gasteiger partial charge in [-0.1, -0.05) is 13.8 Å². The molecule has 0 saturated heterocycles. The Hall–Kier alpha value is 0.960. The van der Waals surface area contributed by atoms with E-state index < -0.39 is 0 Å². The largest absolute Gasteiger partial charge is 1.00 e. The molecule has 2 N–H and O–H groups in total. The predicted octanol–water partition coefficient (Wildman–Crippen LogP) is -2.34. The summed E-state index contributed by atoms with van der Waals surface area (Å²) in [6.45, 7) is 7.75. The Balaban J connectivity index is -0.0000000450. The van der Waals surface area contributed by atoms with E-state index in [1.54, 1.807) is 0 Å². The Bertz CT molecular complexity index is 12.3. The first kappa shape index (κ1) is 15.8. The van der Waals surface area contributed by atoms with E-state index in [1.165, 1.54) is 0 Å². The maximum Gasteiger partial charge on any atom is 1.00 e. The van der Waals surface area contributed by atoms with E-state index in [1.807, 2.05) is 0 Å². The van der Waals surface area contributed by atoms with E-state index in [9.17, 15) is 0 Å². The molecule has 0 aromatic rings. The molecule has 0 aliphatic carbocycles. The summed E-state index contributed by atoms with van der Waals surface area (Å²) in [4.78, 5) is 0. The Morgan fingerprint density at radius 1 is 1.33 bits per heavy atom. The fourth-order valence-corrected chi connectivity index (χ4v) is 0. The fourth-order valence-electron chi connectivity index (χ4n) is 0. The second kappa shape index (κ2) is 9.35. The third kappa shape index (κ3) is 84.4. The summed E-state index contributed by atoms with van der Waals surface area (Å²) in [5.74, 6) is 0.583. The van der Waals surface area contributed by atoms with Crippen LogP contribution in [0.5, 0.6) is 0 Å². The smallest absolute Gasteiger partial charge is 0.412 e. The van der Waals surface area contributed by atoms with Crippen LogP contribution in [0.2, 0.25) is 0 Å². The van der Waals surface area contributed by atoms with E-state index >= 15 is 0 Å². The van der Waals surface area contributed by atoms with Crippen molar-refractivity contribution in [1.29, 1.82) is 0 Å². The molecule has 0 radical (unpaired) electrons. The van der Waals surface area contributed by atoms with Crippen molar-refractivity contribution in [2.24, 2.45) is 5.92 Å². The monoisotopic (exact) mass is 98.1 g/mol. The molecule has 0 saturated carbocycles. The molecule has 0 aliphatic heterocycles. The Morgan fingerprint density at radius 3 is 1.33 bits per heavy atom. The van der Waals surface area contributed by atoms with Crippen LogP contribution in [0.4, 0.5) is 0 Å². The van der Waals surface area contributed by atoms with Crippen LogP contribution in [0.25, 0.3) is 0 Å². The third-order valence-electron chi connectivity index (χ3n) is 0. The van der Waals surface area contributed by atoms with Crippen LogP contribution in [0.1, 0.15) is 13.8 Å². The summed E-state index contributed by atoms with van der Waals surface area (Å²) in [6, 6.07) is 0. The minimum atomic E-state index is 0. The first-order chi connectivity index (χ1) is 1.73. The molecule has 0 bridgehead atoms. The van der Waals surface area contributed by atoms with E-state index in [-0.39, 0.29) is 35.0 Å². The van der Waals surface area contributed by atoms with Gasteiger partial charge in [0.2, 0.25) is 0 Å². The standard InChI is InChI=1S/C4H9.Na.H2O/c1-4(2)3;;/h4H,1H2,2-3H3;;1H2/q-1;+1;. The van der Waals surface area contributed by atoms with Gasteiger partial charge >= 0.3 is 29.6 Å². The molecule has 0 heterocycles. The first-order valence-electron chi connectivity index (χ1n) is 1.56. The second-order valence-electron chi connectivity index (χ2n) is 1.39. The minimum Gasteiger partial charge on any atom is -0.412 e. The van der Waals surface area contributed by atoms with Crippen molar-refractivity contribution in [3.05, 3.63) is 6.92 Å². The molecular weight excluding hydrogens is 87.0 g/mol. The quantitative estimate of drug-likeness (QED) is 0.240. The summed E-state index contributed by atoms with van der Waals surface area (Å²) >= 11 is 0. The van der Waals surface area contributed by atoms with Gasteiger partial charge in [-0.15, -0.1) is 0 Å². The van der Waals surface area contributed by atoms with Crippen LogP contribution < -0.4 is 29.6 Å². The van der Waals surface area contributed by atoms with Gasteiger partial charge in [-0.25, -0.2) is 0 Å². The van der Waals surface area contributed by atoms with Crippen molar-refractivity contribution >= 4 is 0 Å². The molecule has 0 fully saturated rings. The van der Waals surface area contributed by atoms with E-state index in [0.29, 0.717) is 5.92 Å². The van der Waals surface area contributed by atoms with E-state index in [0.717, 1.165) is 0 Å². The van der Waals surface area contributed by atoms with Crippen LogP contribution >= 0.6 is 0 Å². The van der Waals surface area contributed by atoms with Gasteiger partial charge in [0, 0.05) is 0 Å². The van der Waals surface area contributed by atoms with Crippen molar-refractivity contribution in [1.82, 2.24) is 0 Å². The van der Waals surface area contributed by atoms with Crippen LogP contribution in [-0.4, -0.2) is 5.48 Å². The second-order valence-corrected chi connectivity index (χ2v) is 1.39. The molecule has 2 heteroatoms. The predicted molar refractivity (Wildman–Crippen MR) is 23.8 cm³/mol. The fraction of sp³-hybridized carbons (Fsp3) is 0.750. The zero-order valence-electron chi connectivity index (χ0n) is 4.78. The number of hydrogen-bond acceptors (Lipinski definition) is 0. The van der Waals surface area contributed by atoms with Gasteiger partial charge < -0.3 is 12.4 Å². The maximum absolute atomic E-state index is 3.64. The average Bonchev–Trinajstić information content (AvgIpc) is 0.811. The molecule has 6 heavy (non-hydrogen) atoms. The van der Waals surface area contributed by atoms with Gasteiger partial charge in [0.1, 0.15) is 0 Å². The molecule has 0 unspecified atom stereocenters. The van der Waals surface area contributed by atoms with Crippen molar-refractivity contribution in [3.63, 3.8) is 0 Å². The Labute approximate surface area is 61.7 Å². The molecule has 0 aromatic carbocycles. The summed E-state index contributed by atoms with van der Waals surface area (Å²) < 4.78 is 0. The number of rotatable bonds is 0. The van der Waals surface area contributed by atoms with Crippen molar-refractivity contribution in [2.45, 2.75) is 13.8 Å².